The van der Waals surface area contributed by atoms with Crippen molar-refractivity contribution in [1.29, 1.82) is 0 Å². The van der Waals surface area contributed by atoms with Gasteiger partial charge in [0.05, 0.1) is 12.7 Å². The van der Waals surface area contributed by atoms with E-state index in [2.05, 4.69) is 11.8 Å². The second-order valence-electron chi connectivity index (χ2n) is 5.46. The summed E-state index contributed by atoms with van der Waals surface area (Å²) >= 11 is 0. The average molecular weight is 261 g/mol. The molecule has 1 atom stereocenters. The van der Waals surface area contributed by atoms with Gasteiger partial charge in [-0.05, 0) is 49.9 Å². The van der Waals surface area contributed by atoms with Crippen LogP contribution in [0.3, 0.4) is 0 Å². The lowest BCUT2D eigenvalue weighted by Crippen LogP contribution is -2.25. The first kappa shape index (κ1) is 14.1. The van der Waals surface area contributed by atoms with Crippen molar-refractivity contribution < 1.29 is 9.53 Å². The van der Waals surface area contributed by atoms with Crippen molar-refractivity contribution in [2.24, 2.45) is 5.92 Å². The summed E-state index contributed by atoms with van der Waals surface area (Å²) in [5, 5.41) is 0. The Labute approximate surface area is 115 Å². The molecule has 19 heavy (non-hydrogen) atoms. The smallest absolute Gasteiger partial charge is 0.338 e. The lowest BCUT2D eigenvalue weighted by Gasteiger charge is -2.21. The van der Waals surface area contributed by atoms with Crippen molar-refractivity contribution >= 4 is 5.97 Å². The van der Waals surface area contributed by atoms with Gasteiger partial charge in [0.15, 0.2) is 0 Å². The van der Waals surface area contributed by atoms with Crippen LogP contribution in [0.1, 0.15) is 42.1 Å². The Bertz CT molecular complexity index is 431. The van der Waals surface area contributed by atoms with E-state index in [0.717, 1.165) is 31.1 Å². The standard InChI is InChI=1S/C16H23NO2/c1-13-6-5-10-17(11-9-13)12-14-7-3-4-8-15(14)16(18)19-2/h3-4,7-8,13H,5-6,9-12H2,1-2H3. The van der Waals surface area contributed by atoms with Crippen LogP contribution in [0.5, 0.6) is 0 Å². The summed E-state index contributed by atoms with van der Waals surface area (Å²) in [4.78, 5) is 14.2. The molecule has 0 saturated carbocycles. The third kappa shape index (κ3) is 3.80. The zero-order chi connectivity index (χ0) is 13.7. The Morgan fingerprint density at radius 2 is 2.11 bits per heavy atom. The molecule has 0 spiro atoms. The molecule has 1 heterocycles. The van der Waals surface area contributed by atoms with Crippen LogP contribution in [0.4, 0.5) is 0 Å². The second kappa shape index (κ2) is 6.71. The summed E-state index contributed by atoms with van der Waals surface area (Å²) in [7, 11) is 1.44. The summed E-state index contributed by atoms with van der Waals surface area (Å²) in [6.07, 6.45) is 3.82. The first-order valence-corrected chi connectivity index (χ1v) is 7.09. The minimum atomic E-state index is -0.237. The molecule has 1 fully saturated rings. The van der Waals surface area contributed by atoms with Crippen molar-refractivity contribution in [2.75, 3.05) is 20.2 Å². The van der Waals surface area contributed by atoms with E-state index in [1.165, 1.54) is 26.4 Å². The number of rotatable bonds is 3. The van der Waals surface area contributed by atoms with Crippen molar-refractivity contribution in [1.82, 2.24) is 4.90 Å². The van der Waals surface area contributed by atoms with E-state index in [4.69, 9.17) is 4.74 Å². The van der Waals surface area contributed by atoms with Crippen LogP contribution in [-0.2, 0) is 11.3 Å². The van der Waals surface area contributed by atoms with E-state index in [1.54, 1.807) is 0 Å². The maximum Gasteiger partial charge on any atom is 0.338 e. The van der Waals surface area contributed by atoms with Gasteiger partial charge in [-0.3, -0.25) is 4.90 Å². The summed E-state index contributed by atoms with van der Waals surface area (Å²) in [5.74, 6) is 0.583. The van der Waals surface area contributed by atoms with Gasteiger partial charge in [0.25, 0.3) is 0 Å². The molecule has 0 amide bonds. The Balaban J connectivity index is 2.08. The number of esters is 1. The number of carbonyl (C=O) groups excluding carboxylic acids is 1. The maximum atomic E-state index is 11.8. The van der Waals surface area contributed by atoms with Gasteiger partial charge in [-0.25, -0.2) is 4.79 Å². The van der Waals surface area contributed by atoms with Gasteiger partial charge < -0.3 is 4.74 Å². The Hall–Kier alpha value is -1.35. The summed E-state index contributed by atoms with van der Waals surface area (Å²) in [6, 6.07) is 7.75. The van der Waals surface area contributed by atoms with Crippen molar-refractivity contribution in [3.05, 3.63) is 35.4 Å². The first-order chi connectivity index (χ1) is 9.20. The lowest BCUT2D eigenvalue weighted by molar-refractivity contribution is 0.0598. The van der Waals surface area contributed by atoms with Crippen molar-refractivity contribution in [3.8, 4) is 0 Å². The molecule has 1 aromatic rings. The number of hydrogen-bond donors (Lipinski definition) is 0. The first-order valence-electron chi connectivity index (χ1n) is 7.09. The van der Waals surface area contributed by atoms with E-state index < -0.39 is 0 Å². The van der Waals surface area contributed by atoms with Crippen LogP contribution in [0.2, 0.25) is 0 Å². The Kier molecular flexibility index (Phi) is 4.97. The highest BCUT2D eigenvalue weighted by molar-refractivity contribution is 5.90. The van der Waals surface area contributed by atoms with E-state index in [9.17, 15) is 4.79 Å². The van der Waals surface area contributed by atoms with Crippen LogP contribution in [0.15, 0.2) is 24.3 Å². The van der Waals surface area contributed by atoms with Crippen LogP contribution < -0.4 is 0 Å². The van der Waals surface area contributed by atoms with Crippen LogP contribution in [0, 0.1) is 5.92 Å². The van der Waals surface area contributed by atoms with Crippen LogP contribution in [-0.4, -0.2) is 31.1 Å². The molecule has 104 valence electrons. The number of nitrogens with zero attached hydrogens (tertiary/aromatic N) is 1. The number of carbonyl (C=O) groups is 1. The second-order valence-corrected chi connectivity index (χ2v) is 5.46. The molecular weight excluding hydrogens is 238 g/mol. The number of hydrogen-bond acceptors (Lipinski definition) is 3. The van der Waals surface area contributed by atoms with Crippen LogP contribution >= 0.6 is 0 Å². The zero-order valence-electron chi connectivity index (χ0n) is 11.9. The molecule has 2 rings (SSSR count). The summed E-state index contributed by atoms with van der Waals surface area (Å²) in [6.45, 7) is 5.42. The Morgan fingerprint density at radius 1 is 1.32 bits per heavy atom. The molecule has 1 aliphatic heterocycles. The molecular formula is C16H23NO2. The fraction of sp³-hybridized carbons (Fsp3) is 0.562. The minimum Gasteiger partial charge on any atom is -0.465 e. The van der Waals surface area contributed by atoms with Gasteiger partial charge >= 0.3 is 5.97 Å². The SMILES string of the molecule is COC(=O)c1ccccc1CN1CCCC(C)CC1. The zero-order valence-corrected chi connectivity index (χ0v) is 11.9. The fourth-order valence-electron chi connectivity index (χ4n) is 2.69. The molecule has 1 saturated heterocycles. The molecule has 1 unspecified atom stereocenters. The molecule has 1 aromatic carbocycles. The monoisotopic (exact) mass is 261 g/mol. The summed E-state index contributed by atoms with van der Waals surface area (Å²) in [5.41, 5.74) is 1.77. The van der Waals surface area contributed by atoms with Gasteiger partial charge in [-0.2, -0.15) is 0 Å². The van der Waals surface area contributed by atoms with Gasteiger partial charge in [0.2, 0.25) is 0 Å². The number of likely N-dealkylation sites (tertiary alicyclic amines) is 1. The lowest BCUT2D eigenvalue weighted by atomic mass is 10.0. The molecule has 0 aromatic heterocycles. The molecule has 1 aliphatic rings. The molecule has 3 nitrogen and oxygen atoms in total. The van der Waals surface area contributed by atoms with Crippen LogP contribution in [0.25, 0.3) is 0 Å². The van der Waals surface area contributed by atoms with Gasteiger partial charge in [-0.15, -0.1) is 0 Å². The maximum absolute atomic E-state index is 11.8. The molecule has 0 radical (unpaired) electrons. The molecule has 0 N–H and O–H groups in total. The van der Waals surface area contributed by atoms with Gasteiger partial charge in [0, 0.05) is 6.54 Å². The highest BCUT2D eigenvalue weighted by atomic mass is 16.5. The fourth-order valence-corrected chi connectivity index (χ4v) is 2.69. The van der Waals surface area contributed by atoms with Gasteiger partial charge in [-0.1, -0.05) is 25.1 Å². The van der Waals surface area contributed by atoms with E-state index in [0.29, 0.717) is 5.56 Å². The largest absolute Gasteiger partial charge is 0.465 e. The van der Waals surface area contributed by atoms with E-state index in [1.807, 2.05) is 24.3 Å². The average Bonchev–Trinajstić information content (AvgIpc) is 2.63. The topological polar surface area (TPSA) is 29.5 Å². The number of methoxy groups -OCH3 is 1. The molecule has 0 bridgehead atoms. The van der Waals surface area contributed by atoms with E-state index in [-0.39, 0.29) is 5.97 Å². The highest BCUT2D eigenvalue weighted by Gasteiger charge is 2.17. The number of benzene rings is 1. The Morgan fingerprint density at radius 3 is 2.89 bits per heavy atom. The highest BCUT2D eigenvalue weighted by Crippen LogP contribution is 2.19. The van der Waals surface area contributed by atoms with Gasteiger partial charge in [0.1, 0.15) is 0 Å². The third-order valence-corrected chi connectivity index (χ3v) is 3.93. The predicted octanol–water partition coefficient (Wildman–Crippen LogP) is 3.10. The molecule has 3 heteroatoms. The minimum absolute atomic E-state index is 0.237. The third-order valence-electron chi connectivity index (χ3n) is 3.93. The molecule has 0 aliphatic carbocycles. The normalized spacial score (nSPS) is 20.8. The van der Waals surface area contributed by atoms with Crippen molar-refractivity contribution in [3.63, 3.8) is 0 Å². The van der Waals surface area contributed by atoms with Crippen molar-refractivity contribution in [2.45, 2.75) is 32.7 Å². The summed E-state index contributed by atoms with van der Waals surface area (Å²) < 4.78 is 4.85. The predicted molar refractivity (Wildman–Crippen MR) is 76.1 cm³/mol. The number of ether oxygens (including phenoxy) is 1. The van der Waals surface area contributed by atoms with E-state index >= 15 is 0 Å². The quantitative estimate of drug-likeness (QED) is 0.783.